The molecule has 0 unspecified atom stereocenters. The van der Waals surface area contributed by atoms with E-state index in [0.717, 1.165) is 16.5 Å². The van der Waals surface area contributed by atoms with Gasteiger partial charge in [0.1, 0.15) is 17.7 Å². The number of hydrogen-bond acceptors (Lipinski definition) is 6. The molecule has 0 aliphatic carbocycles. The maximum atomic E-state index is 14.6. The fourth-order valence-corrected chi connectivity index (χ4v) is 5.97. The van der Waals surface area contributed by atoms with Crippen LogP contribution >= 0.6 is 0 Å². The van der Waals surface area contributed by atoms with E-state index in [1.54, 1.807) is 59.7 Å². The molecule has 0 radical (unpaired) electrons. The Labute approximate surface area is 281 Å². The Morgan fingerprint density at radius 2 is 1.53 bits per heavy atom. The largest absolute Gasteiger partial charge is 0.463 e. The SMILES string of the molecule is CCOC(=O)/C(C)=C/[C@H](C(C)C)N(C)C(=O)[C@@H](NC(=O)[C@@H](N(C)C(=O)OC(C)(C)C)C(C)(C)c1cn(C)c2ccccc12)C(C)(C)C. The van der Waals surface area contributed by atoms with Crippen LogP contribution in [0.3, 0.4) is 0 Å². The number of aromatic nitrogens is 1. The van der Waals surface area contributed by atoms with Crippen molar-refractivity contribution in [2.75, 3.05) is 20.7 Å². The molecule has 10 nitrogen and oxygen atoms in total. The zero-order valence-corrected chi connectivity index (χ0v) is 31.3. The molecule has 1 aromatic heterocycles. The van der Waals surface area contributed by atoms with Gasteiger partial charge in [0.15, 0.2) is 0 Å². The van der Waals surface area contributed by atoms with E-state index in [4.69, 9.17) is 9.47 Å². The van der Waals surface area contributed by atoms with Crippen molar-refractivity contribution in [2.24, 2.45) is 18.4 Å². The third-order valence-corrected chi connectivity index (χ3v) is 8.49. The summed E-state index contributed by atoms with van der Waals surface area (Å²) in [6, 6.07) is 5.45. The highest BCUT2D eigenvalue weighted by atomic mass is 16.6. The standard InChI is InChI=1S/C37H58N4O6/c1-16-46-33(44)24(4)21-28(23(2)3)40(14)32(43)29(35(5,6)7)38-31(42)30(41(15)34(45)47-36(8,9)10)37(11,12)26-22-39(13)27-20-18-17-19-25(26)27/h17-23,28-30H,16H2,1-15H3,(H,38,42)/b24-21+/t28-,29-,30-/m1/s1. The van der Waals surface area contributed by atoms with Crippen molar-refractivity contribution in [3.05, 3.63) is 47.7 Å². The van der Waals surface area contributed by atoms with Crippen LogP contribution in [0.25, 0.3) is 10.9 Å². The third kappa shape index (κ3) is 9.39. The summed E-state index contributed by atoms with van der Waals surface area (Å²) in [6.07, 6.45) is 3.07. The van der Waals surface area contributed by atoms with Crippen LogP contribution in [-0.4, -0.2) is 82.7 Å². The highest BCUT2D eigenvalue weighted by molar-refractivity contribution is 5.94. The molecule has 1 heterocycles. The van der Waals surface area contributed by atoms with Crippen LogP contribution in [0.15, 0.2) is 42.1 Å². The van der Waals surface area contributed by atoms with Crippen LogP contribution < -0.4 is 5.32 Å². The van der Waals surface area contributed by atoms with Gasteiger partial charge in [-0.2, -0.15) is 0 Å². The molecule has 3 atom stereocenters. The first-order valence-corrected chi connectivity index (χ1v) is 16.4. The number of carbonyl (C=O) groups is 4. The lowest BCUT2D eigenvalue weighted by molar-refractivity contribution is -0.142. The number of aryl methyl sites for hydroxylation is 1. The number of benzene rings is 1. The highest BCUT2D eigenvalue weighted by Gasteiger charge is 2.46. The molecular formula is C37H58N4O6. The number of ether oxygens (including phenoxy) is 2. The summed E-state index contributed by atoms with van der Waals surface area (Å²) in [4.78, 5) is 57.8. The van der Waals surface area contributed by atoms with E-state index < -0.39 is 52.5 Å². The maximum Gasteiger partial charge on any atom is 0.410 e. The lowest BCUT2D eigenvalue weighted by Crippen LogP contribution is -2.63. The van der Waals surface area contributed by atoms with E-state index in [1.165, 1.54) is 4.90 Å². The number of likely N-dealkylation sites (N-methyl/N-ethyl adjacent to an activating group) is 2. The molecule has 262 valence electrons. The quantitative estimate of drug-likeness (QED) is 0.228. The van der Waals surface area contributed by atoms with Gasteiger partial charge in [-0.3, -0.25) is 14.5 Å². The summed E-state index contributed by atoms with van der Waals surface area (Å²) in [5, 5.41) is 4.02. The average Bonchev–Trinajstić information content (AvgIpc) is 3.29. The molecule has 2 aromatic rings. The van der Waals surface area contributed by atoms with Crippen LogP contribution in [0.5, 0.6) is 0 Å². The van der Waals surface area contributed by atoms with Crippen LogP contribution in [-0.2, 0) is 36.3 Å². The minimum absolute atomic E-state index is 0.0407. The highest BCUT2D eigenvalue weighted by Crippen LogP contribution is 2.37. The third-order valence-electron chi connectivity index (χ3n) is 8.49. The average molecular weight is 655 g/mol. The molecule has 2 rings (SSSR count). The van der Waals surface area contributed by atoms with E-state index in [1.807, 2.05) is 90.5 Å². The van der Waals surface area contributed by atoms with Crippen molar-refractivity contribution in [1.29, 1.82) is 0 Å². The number of amides is 3. The van der Waals surface area contributed by atoms with Gasteiger partial charge in [0.25, 0.3) is 0 Å². The van der Waals surface area contributed by atoms with Gasteiger partial charge in [0.2, 0.25) is 11.8 Å². The van der Waals surface area contributed by atoms with Gasteiger partial charge in [-0.15, -0.1) is 0 Å². The van der Waals surface area contributed by atoms with Crippen LogP contribution in [0.4, 0.5) is 4.79 Å². The number of esters is 1. The van der Waals surface area contributed by atoms with E-state index in [2.05, 4.69) is 5.32 Å². The lowest BCUT2D eigenvalue weighted by Gasteiger charge is -2.42. The molecule has 0 aliphatic rings. The molecule has 1 aromatic carbocycles. The molecule has 0 saturated carbocycles. The molecule has 0 aliphatic heterocycles. The van der Waals surface area contributed by atoms with Gasteiger partial charge in [-0.25, -0.2) is 9.59 Å². The van der Waals surface area contributed by atoms with Crippen molar-refractivity contribution in [3.63, 3.8) is 0 Å². The fourth-order valence-electron chi connectivity index (χ4n) is 5.97. The van der Waals surface area contributed by atoms with Crippen molar-refractivity contribution in [3.8, 4) is 0 Å². The molecule has 47 heavy (non-hydrogen) atoms. The number of nitrogens with zero attached hydrogens (tertiary/aromatic N) is 3. The van der Waals surface area contributed by atoms with Gasteiger partial charge in [-0.05, 0) is 57.6 Å². The fraction of sp³-hybridized carbons (Fsp3) is 0.622. The van der Waals surface area contributed by atoms with E-state index in [9.17, 15) is 19.2 Å². The lowest BCUT2D eigenvalue weighted by atomic mass is 9.76. The van der Waals surface area contributed by atoms with Crippen molar-refractivity contribution in [1.82, 2.24) is 19.7 Å². The summed E-state index contributed by atoms with van der Waals surface area (Å²) in [7, 11) is 5.18. The minimum atomic E-state index is -1.06. The number of fused-ring (bicyclic) bond motifs is 1. The molecular weight excluding hydrogens is 596 g/mol. The summed E-state index contributed by atoms with van der Waals surface area (Å²) >= 11 is 0. The summed E-state index contributed by atoms with van der Waals surface area (Å²) < 4.78 is 12.9. The minimum Gasteiger partial charge on any atom is -0.463 e. The first kappa shape index (κ1) is 39.4. The maximum absolute atomic E-state index is 14.6. The zero-order chi connectivity index (χ0) is 36.2. The summed E-state index contributed by atoms with van der Waals surface area (Å²) in [5.74, 6) is -1.29. The smallest absolute Gasteiger partial charge is 0.410 e. The summed E-state index contributed by atoms with van der Waals surface area (Å²) in [5.41, 5.74) is -0.151. The molecule has 0 saturated heterocycles. The van der Waals surface area contributed by atoms with E-state index >= 15 is 0 Å². The number of hydrogen-bond donors (Lipinski definition) is 1. The molecule has 0 bridgehead atoms. The monoisotopic (exact) mass is 654 g/mol. The Morgan fingerprint density at radius 1 is 0.957 bits per heavy atom. The molecule has 10 heteroatoms. The van der Waals surface area contributed by atoms with Crippen molar-refractivity contribution >= 4 is 34.8 Å². The molecule has 1 N–H and O–H groups in total. The Hall–Kier alpha value is -3.82. The van der Waals surface area contributed by atoms with E-state index in [-0.39, 0.29) is 18.4 Å². The number of nitrogens with one attached hydrogen (secondary N) is 1. The Balaban J connectivity index is 2.64. The Morgan fingerprint density at radius 3 is 2.04 bits per heavy atom. The van der Waals surface area contributed by atoms with E-state index in [0.29, 0.717) is 5.57 Å². The molecule has 3 amide bonds. The van der Waals surface area contributed by atoms with Gasteiger partial charge >= 0.3 is 12.1 Å². The zero-order valence-electron chi connectivity index (χ0n) is 31.3. The van der Waals surface area contributed by atoms with Gasteiger partial charge in [0, 0.05) is 49.2 Å². The first-order valence-electron chi connectivity index (χ1n) is 16.4. The predicted octanol–water partition coefficient (Wildman–Crippen LogP) is 6.21. The molecule has 0 fully saturated rings. The Bertz CT molecular complexity index is 1470. The summed E-state index contributed by atoms with van der Waals surface area (Å²) in [6.45, 7) is 22.4. The molecule has 0 spiro atoms. The van der Waals surface area contributed by atoms with Crippen LogP contribution in [0.1, 0.15) is 88.6 Å². The second-order valence-electron chi connectivity index (χ2n) is 15.4. The Kier molecular flexibility index (Phi) is 12.5. The van der Waals surface area contributed by atoms with Crippen molar-refractivity contribution in [2.45, 2.75) is 112 Å². The van der Waals surface area contributed by atoms with Crippen LogP contribution in [0, 0.1) is 11.3 Å². The van der Waals surface area contributed by atoms with Gasteiger partial charge < -0.3 is 24.3 Å². The van der Waals surface area contributed by atoms with Crippen LogP contribution in [0.2, 0.25) is 0 Å². The second kappa shape index (κ2) is 14.9. The topological polar surface area (TPSA) is 110 Å². The van der Waals surface area contributed by atoms with Gasteiger partial charge in [-0.1, -0.05) is 72.7 Å². The first-order chi connectivity index (χ1) is 21.4. The predicted molar refractivity (Wildman–Crippen MR) is 187 cm³/mol. The van der Waals surface area contributed by atoms with Crippen molar-refractivity contribution < 1.29 is 28.7 Å². The number of rotatable bonds is 11. The number of carbonyl (C=O) groups excluding carboxylic acids is 4. The van der Waals surface area contributed by atoms with Gasteiger partial charge in [0.05, 0.1) is 12.6 Å². The normalized spacial score (nSPS) is 14.8. The number of para-hydroxylation sites is 1. The second-order valence-corrected chi connectivity index (χ2v) is 15.4.